The Balaban J connectivity index is 2.39. The molecule has 0 saturated carbocycles. The first-order valence-electron chi connectivity index (χ1n) is 5.17. The zero-order valence-corrected chi connectivity index (χ0v) is 9.41. The Kier molecular flexibility index (Phi) is 2.35. The molecule has 2 nitrogen and oxygen atoms in total. The second kappa shape index (κ2) is 3.54. The molecule has 0 atom stereocenters. The molecule has 1 aromatic heterocycles. The van der Waals surface area contributed by atoms with Gasteiger partial charge in [-0.15, -0.1) is 0 Å². The van der Waals surface area contributed by atoms with Gasteiger partial charge in [-0.1, -0.05) is 6.07 Å². The zero-order chi connectivity index (χ0) is 10.9. The van der Waals surface area contributed by atoms with Gasteiger partial charge in [0.25, 0.3) is 0 Å². The fraction of sp³-hybridized carbons (Fsp3) is 0.308. The highest BCUT2D eigenvalue weighted by atomic mass is 14.9. The summed E-state index contributed by atoms with van der Waals surface area (Å²) in [6.07, 6.45) is 3.71. The van der Waals surface area contributed by atoms with E-state index in [2.05, 4.69) is 49.3 Å². The lowest BCUT2D eigenvalue weighted by Crippen LogP contribution is -2.25. The maximum absolute atomic E-state index is 4.10. The third-order valence-corrected chi connectivity index (χ3v) is 2.16. The lowest BCUT2D eigenvalue weighted by molar-refractivity contribution is 0.634. The molecule has 1 N–H and O–H groups in total. The van der Waals surface area contributed by atoms with E-state index < -0.39 is 0 Å². The average molecular weight is 200 g/mol. The van der Waals surface area contributed by atoms with Gasteiger partial charge in [0, 0.05) is 29.0 Å². The van der Waals surface area contributed by atoms with E-state index in [1.807, 2.05) is 18.5 Å². The molecule has 0 amide bonds. The number of nitrogens with one attached hydrogen (secondary N) is 1. The lowest BCUT2D eigenvalue weighted by atomic mass is 10.1. The van der Waals surface area contributed by atoms with Crippen molar-refractivity contribution in [3.8, 4) is 0 Å². The number of pyridine rings is 1. The van der Waals surface area contributed by atoms with Gasteiger partial charge in [-0.05, 0) is 44.4 Å². The summed E-state index contributed by atoms with van der Waals surface area (Å²) in [4.78, 5) is 4.10. The van der Waals surface area contributed by atoms with Crippen LogP contribution in [-0.4, -0.2) is 10.5 Å². The van der Waals surface area contributed by atoms with Gasteiger partial charge >= 0.3 is 0 Å². The first kappa shape index (κ1) is 9.97. The molecular formula is C13H16N2. The van der Waals surface area contributed by atoms with Crippen LogP contribution in [0.25, 0.3) is 10.8 Å². The first-order chi connectivity index (χ1) is 7.04. The van der Waals surface area contributed by atoms with Crippen LogP contribution in [0.1, 0.15) is 20.8 Å². The van der Waals surface area contributed by atoms with Crippen LogP contribution >= 0.6 is 0 Å². The molecule has 1 aromatic carbocycles. The summed E-state index contributed by atoms with van der Waals surface area (Å²) >= 11 is 0. The fourth-order valence-electron chi connectivity index (χ4n) is 1.59. The quantitative estimate of drug-likeness (QED) is 0.762. The van der Waals surface area contributed by atoms with E-state index in [0.29, 0.717) is 0 Å². The summed E-state index contributed by atoms with van der Waals surface area (Å²) in [6.45, 7) is 6.47. The normalized spacial score (nSPS) is 11.7. The number of aromatic nitrogens is 1. The molecular weight excluding hydrogens is 184 g/mol. The molecule has 0 aliphatic carbocycles. The summed E-state index contributed by atoms with van der Waals surface area (Å²) in [6, 6.07) is 8.37. The van der Waals surface area contributed by atoms with Gasteiger partial charge in [-0.25, -0.2) is 0 Å². The van der Waals surface area contributed by atoms with Gasteiger partial charge in [0.2, 0.25) is 0 Å². The van der Waals surface area contributed by atoms with Crippen LogP contribution in [0.4, 0.5) is 5.69 Å². The fourth-order valence-corrected chi connectivity index (χ4v) is 1.59. The van der Waals surface area contributed by atoms with E-state index in [4.69, 9.17) is 0 Å². The summed E-state index contributed by atoms with van der Waals surface area (Å²) in [5, 5.41) is 5.85. The van der Waals surface area contributed by atoms with Crippen molar-refractivity contribution >= 4 is 16.5 Å². The molecule has 0 unspecified atom stereocenters. The van der Waals surface area contributed by atoms with Crippen LogP contribution in [-0.2, 0) is 0 Å². The van der Waals surface area contributed by atoms with E-state index in [9.17, 15) is 0 Å². The summed E-state index contributed by atoms with van der Waals surface area (Å²) < 4.78 is 0. The highest BCUT2D eigenvalue weighted by Crippen LogP contribution is 2.20. The van der Waals surface area contributed by atoms with Gasteiger partial charge in [-0.3, -0.25) is 4.98 Å². The number of anilines is 1. The van der Waals surface area contributed by atoms with Crippen LogP contribution in [0.3, 0.4) is 0 Å². The van der Waals surface area contributed by atoms with Crippen molar-refractivity contribution < 1.29 is 0 Å². The van der Waals surface area contributed by atoms with Crippen molar-refractivity contribution in [2.45, 2.75) is 26.3 Å². The van der Waals surface area contributed by atoms with E-state index in [1.54, 1.807) is 0 Å². The molecule has 0 aliphatic rings. The molecule has 2 aromatic rings. The standard InChI is InChI=1S/C13H16N2/c1-13(2,3)15-12-5-4-11-9-14-7-6-10(11)8-12/h4-9,15H,1-3H3. The number of fused-ring (bicyclic) bond motifs is 1. The molecule has 0 spiro atoms. The molecule has 0 aliphatic heterocycles. The average Bonchev–Trinajstić information content (AvgIpc) is 2.15. The van der Waals surface area contributed by atoms with Crippen LogP contribution in [0.2, 0.25) is 0 Å². The van der Waals surface area contributed by atoms with Crippen molar-refractivity contribution in [3.05, 3.63) is 36.7 Å². The highest BCUT2D eigenvalue weighted by molar-refractivity contribution is 5.84. The number of hydrogen-bond acceptors (Lipinski definition) is 2. The summed E-state index contributed by atoms with van der Waals surface area (Å²) in [7, 11) is 0. The van der Waals surface area contributed by atoms with Crippen molar-refractivity contribution in [2.24, 2.45) is 0 Å². The van der Waals surface area contributed by atoms with E-state index in [0.717, 1.165) is 5.69 Å². The number of rotatable bonds is 1. The Morgan fingerprint density at radius 3 is 2.60 bits per heavy atom. The largest absolute Gasteiger partial charge is 0.380 e. The van der Waals surface area contributed by atoms with Gasteiger partial charge in [-0.2, -0.15) is 0 Å². The molecule has 78 valence electrons. The number of nitrogens with zero attached hydrogens (tertiary/aromatic N) is 1. The number of hydrogen-bond donors (Lipinski definition) is 1. The summed E-state index contributed by atoms with van der Waals surface area (Å²) in [5.74, 6) is 0. The SMILES string of the molecule is CC(C)(C)Nc1ccc2cnccc2c1. The van der Waals surface area contributed by atoms with Crippen LogP contribution in [0, 0.1) is 0 Å². The Labute approximate surface area is 90.3 Å². The minimum atomic E-state index is 0.0979. The van der Waals surface area contributed by atoms with Gasteiger partial charge in [0.1, 0.15) is 0 Å². The molecule has 0 radical (unpaired) electrons. The molecule has 1 heterocycles. The van der Waals surface area contributed by atoms with Crippen molar-refractivity contribution in [3.63, 3.8) is 0 Å². The van der Waals surface area contributed by atoms with E-state index >= 15 is 0 Å². The van der Waals surface area contributed by atoms with E-state index in [-0.39, 0.29) is 5.54 Å². The maximum atomic E-state index is 4.10. The monoisotopic (exact) mass is 200 g/mol. The predicted octanol–water partition coefficient (Wildman–Crippen LogP) is 3.45. The Morgan fingerprint density at radius 1 is 1.07 bits per heavy atom. The Hall–Kier alpha value is -1.57. The third-order valence-electron chi connectivity index (χ3n) is 2.16. The van der Waals surface area contributed by atoms with Crippen LogP contribution in [0.5, 0.6) is 0 Å². The first-order valence-corrected chi connectivity index (χ1v) is 5.17. The molecule has 0 fully saturated rings. The Morgan fingerprint density at radius 2 is 1.87 bits per heavy atom. The molecule has 2 rings (SSSR count). The van der Waals surface area contributed by atoms with Gasteiger partial charge in [0.15, 0.2) is 0 Å². The zero-order valence-electron chi connectivity index (χ0n) is 9.41. The minimum absolute atomic E-state index is 0.0979. The molecule has 2 heteroatoms. The van der Waals surface area contributed by atoms with Crippen LogP contribution < -0.4 is 5.32 Å². The van der Waals surface area contributed by atoms with Crippen LogP contribution in [0.15, 0.2) is 36.7 Å². The van der Waals surface area contributed by atoms with Gasteiger partial charge in [0.05, 0.1) is 0 Å². The lowest BCUT2D eigenvalue weighted by Gasteiger charge is -2.22. The molecule has 15 heavy (non-hydrogen) atoms. The Bertz CT molecular complexity index is 469. The maximum Gasteiger partial charge on any atom is 0.0350 e. The predicted molar refractivity (Wildman–Crippen MR) is 65.1 cm³/mol. The minimum Gasteiger partial charge on any atom is -0.380 e. The van der Waals surface area contributed by atoms with Crippen molar-refractivity contribution in [2.75, 3.05) is 5.32 Å². The van der Waals surface area contributed by atoms with Gasteiger partial charge < -0.3 is 5.32 Å². The number of benzene rings is 1. The molecule has 0 saturated heterocycles. The molecule has 0 bridgehead atoms. The smallest absolute Gasteiger partial charge is 0.0350 e. The van der Waals surface area contributed by atoms with Crippen molar-refractivity contribution in [1.82, 2.24) is 4.98 Å². The van der Waals surface area contributed by atoms with Crippen molar-refractivity contribution in [1.29, 1.82) is 0 Å². The topological polar surface area (TPSA) is 24.9 Å². The van der Waals surface area contributed by atoms with E-state index in [1.165, 1.54) is 10.8 Å². The summed E-state index contributed by atoms with van der Waals surface area (Å²) in [5.41, 5.74) is 1.25. The second-order valence-electron chi connectivity index (χ2n) is 4.81. The highest BCUT2D eigenvalue weighted by Gasteiger charge is 2.08. The third kappa shape index (κ3) is 2.46. The second-order valence-corrected chi connectivity index (χ2v) is 4.81.